The minimum absolute atomic E-state index is 0.000307. The van der Waals surface area contributed by atoms with Crippen LogP contribution in [0.5, 0.6) is 11.5 Å². The predicted octanol–water partition coefficient (Wildman–Crippen LogP) is -4.25. The molecule has 0 saturated carbocycles. The van der Waals surface area contributed by atoms with Crippen molar-refractivity contribution in [3.63, 3.8) is 0 Å². The first-order valence-corrected chi connectivity index (χ1v) is 50.2. The molecule has 0 radical (unpaired) electrons. The number of hydrogen-bond donors (Lipinski definition) is 25. The minimum Gasteiger partial charge on any atom is -0.484 e. The molecule has 56 nitrogen and oxygen atoms in total. The topological polar surface area (TPSA) is 790 Å². The summed E-state index contributed by atoms with van der Waals surface area (Å²) in [5.41, 5.74) is 1.07. The van der Waals surface area contributed by atoms with Crippen molar-refractivity contribution in [3.8, 4) is 22.6 Å². The predicted molar refractivity (Wildman–Crippen MR) is 491 cm³/mol. The molecule has 0 bridgehead atoms. The van der Waals surface area contributed by atoms with Gasteiger partial charge in [0.1, 0.15) is 158 Å². The second-order valence-electron chi connectivity index (χ2n) is 36.4. The fraction of sp³-hybridized carbons (Fsp3) is 0.804. The lowest BCUT2D eigenvalue weighted by Gasteiger charge is -2.48. The van der Waals surface area contributed by atoms with E-state index in [4.69, 9.17) is 76.5 Å². The molecule has 2 aromatic carbocycles. The van der Waals surface area contributed by atoms with Crippen molar-refractivity contribution in [1.82, 2.24) is 31.9 Å². The van der Waals surface area contributed by atoms with Crippen molar-refractivity contribution in [1.29, 1.82) is 0 Å². The summed E-state index contributed by atoms with van der Waals surface area (Å²) in [7, 11) is 0. The Morgan fingerprint density at radius 1 is 0.297 bits per heavy atom. The van der Waals surface area contributed by atoms with Gasteiger partial charge in [-0.1, -0.05) is 153 Å². The normalized spacial score (nSPS) is 30.3. The Labute approximate surface area is 852 Å². The van der Waals surface area contributed by atoms with Gasteiger partial charge in [-0.15, -0.1) is 0 Å². The highest BCUT2D eigenvalue weighted by Crippen LogP contribution is 2.38. The summed E-state index contributed by atoms with van der Waals surface area (Å²) in [6.45, 7) is -4.01. The van der Waals surface area contributed by atoms with E-state index in [9.17, 15) is 121 Å². The Bertz CT molecular complexity index is 3990. The third-order valence-electron chi connectivity index (χ3n) is 25.3. The second kappa shape index (κ2) is 70.6. The van der Waals surface area contributed by atoms with Crippen molar-refractivity contribution in [2.45, 2.75) is 371 Å². The Balaban J connectivity index is 0.755. The van der Waals surface area contributed by atoms with Gasteiger partial charge in [-0.2, -0.15) is 0 Å². The minimum atomic E-state index is -2.05. The quantitative estimate of drug-likeness (QED) is 0.0169. The lowest BCUT2D eigenvalue weighted by Crippen LogP contribution is -2.68. The largest absolute Gasteiger partial charge is 0.484 e. The Hall–Kier alpha value is -6.82. The van der Waals surface area contributed by atoms with E-state index in [-0.39, 0.29) is 81.8 Å². The highest BCUT2D eigenvalue weighted by molar-refractivity contribution is 5.96. The molecule has 30 atom stereocenters. The fourth-order valence-electron chi connectivity index (χ4n) is 17.3. The second-order valence-corrected chi connectivity index (χ2v) is 36.4. The zero-order valence-corrected chi connectivity index (χ0v) is 82.7. The molecule has 12 unspecified atom stereocenters. The van der Waals surface area contributed by atoms with Crippen molar-refractivity contribution < 1.29 is 248 Å². The first-order valence-electron chi connectivity index (χ1n) is 50.2. The zero-order valence-electron chi connectivity index (χ0n) is 82.7. The molecule has 8 rings (SSSR count). The van der Waals surface area contributed by atoms with Gasteiger partial charge in [0.25, 0.3) is 17.7 Å². The lowest BCUT2D eigenvalue weighted by atomic mass is 9.95. The number of rotatable bonds is 74. The SMILES string of the molecule is CC(=O)NC1[C@H](OCCCNC(=O)COc2ccc(-c3cc(OCC(=O)NCCCO[C@@H]4OC(CO)[C@@H](O[C@@H]5OC(CO)[C@H](O)[C@H](O[C@H]6OC(CO)[C@H](O)[C@H](O)C6O)C5O)[C@H](O)C4NC(C)=O)cc(C(=O)NCCNC(=O)CCCCCCCCCCCCCCCCCCCCCCCCCCOOOOOOOOOOOO)c3)cc2)OC(CO)[C@@H](O[C@@H]2OC(CO)[C@H](O)[C@H](O[C@H]3OC(CO)[C@H](O)[C@H](O)C3O)C2O)[C@@H]1O. The van der Waals surface area contributed by atoms with E-state index in [1.54, 1.807) is 36.4 Å². The number of amides is 6. The molecule has 0 aliphatic carbocycles. The average molecular weight is 2140 g/mol. The standard InChI is InChI=1S/C92H152N6O50/c1-52(105)97-68-74(114)82(135-91-80(120)84(72(112)61(46-101)131-91)137-89-78(118)76(116)70(110)59(44-99)129-89)63(48-103)133-87(68)124-38-27-34-93-66(108)50-126-57-32-30-54(31-33-57)55-41-56(86(122)96-37-36-95-65(107)29-25-23-21-19-17-15-13-11-9-7-5-3-4-6-8-10-12-14-16-18-20-22-24-26-40-128-140-142-144-146-148-147-145-143-141-139-123)43-58(42-55)127-51-67(109)94-35-28-39-125-88-69(98-53(2)106)75(115)83(64(49-104)134-88)136-92-81(121)85(73(113)62(47-102)132-92)138-90-79(119)77(117)71(111)60(45-100)130-90/h30-33,41-43,59-64,68-85,87-92,99-104,110-121,123H,3-29,34-40,44-51H2,1-2H3,(H,93,108)(H,94,109)(H,95,107)(H,96,122)(H,97,105)(H,98,106)/t59?,60?,61?,62?,63?,64?,68?,69?,70-,71-,72-,73-,74+,75+,76-,77-,78?,79?,80?,81?,82+,83+,84-,85-,87+,88+,89+,90+,91-,92-/m0/s1. The molecular weight excluding hydrogens is 1990 g/mol. The maximum absolute atomic E-state index is 14.0. The molecule has 6 aliphatic heterocycles. The third kappa shape index (κ3) is 42.5. The molecule has 6 amide bonds. The van der Waals surface area contributed by atoms with Crippen molar-refractivity contribution in [2.24, 2.45) is 0 Å². The number of aliphatic hydroxyl groups is 18. The summed E-state index contributed by atoms with van der Waals surface area (Å²) in [4.78, 5) is 83.4. The number of nitrogens with one attached hydrogen (secondary N) is 6. The van der Waals surface area contributed by atoms with Crippen LogP contribution < -0.4 is 41.4 Å². The van der Waals surface area contributed by atoms with Gasteiger partial charge in [0.2, 0.25) is 17.7 Å². The number of ether oxygens (including phenoxy) is 14. The summed E-state index contributed by atoms with van der Waals surface area (Å²) in [5, 5.41) is 253. The van der Waals surface area contributed by atoms with Crippen LogP contribution in [0.4, 0.5) is 0 Å². The van der Waals surface area contributed by atoms with Gasteiger partial charge in [-0.3, -0.25) is 28.8 Å². The van der Waals surface area contributed by atoms with Crippen LogP contribution in [0.1, 0.15) is 198 Å². The van der Waals surface area contributed by atoms with Gasteiger partial charge in [-0.25, -0.2) is 10.1 Å². The molecule has 6 aliphatic rings. The average Bonchev–Trinajstić information content (AvgIpc) is 0.773. The first kappa shape index (κ1) is 126. The van der Waals surface area contributed by atoms with Crippen LogP contribution in [-0.4, -0.2) is 416 Å². The molecule has 25 N–H and O–H groups in total. The molecule has 6 saturated heterocycles. The number of unbranched alkanes of at least 4 members (excludes halogenated alkanes) is 23. The fourth-order valence-corrected chi connectivity index (χ4v) is 17.3. The van der Waals surface area contributed by atoms with Crippen LogP contribution in [0.3, 0.4) is 0 Å². The van der Waals surface area contributed by atoms with E-state index in [1.165, 1.54) is 102 Å². The summed E-state index contributed by atoms with van der Waals surface area (Å²) in [5.74, 6) is -2.93. The van der Waals surface area contributed by atoms with E-state index >= 15 is 0 Å². The Morgan fingerprint density at radius 2 is 0.635 bits per heavy atom. The van der Waals surface area contributed by atoms with Crippen LogP contribution in [-0.2, 0) is 136 Å². The van der Waals surface area contributed by atoms with Gasteiger partial charge >= 0.3 is 0 Å². The Morgan fingerprint density at radius 3 is 1.03 bits per heavy atom. The number of carbonyl (C=O) groups excluding carboxylic acids is 6. The molecule has 148 heavy (non-hydrogen) atoms. The van der Waals surface area contributed by atoms with E-state index in [0.717, 1.165) is 65.2 Å². The number of hydrogen-bond acceptors (Lipinski definition) is 50. The number of benzene rings is 2. The monoisotopic (exact) mass is 2140 g/mol. The molecule has 0 aromatic heterocycles. The van der Waals surface area contributed by atoms with Gasteiger partial charge in [0, 0.05) is 52.0 Å². The first-order chi connectivity index (χ1) is 71.5. The highest BCUT2D eigenvalue weighted by Gasteiger charge is 2.57. The van der Waals surface area contributed by atoms with Crippen LogP contribution >= 0.6 is 0 Å². The van der Waals surface area contributed by atoms with Crippen molar-refractivity contribution in [2.75, 3.05) is 98.9 Å². The Kier molecular flexibility index (Phi) is 60.2. The molecule has 0 spiro atoms. The van der Waals surface area contributed by atoms with Crippen LogP contribution in [0.2, 0.25) is 0 Å². The highest BCUT2D eigenvalue weighted by atomic mass is 18.0. The molecule has 850 valence electrons. The van der Waals surface area contributed by atoms with Gasteiger partial charge in [0.05, 0.1) is 59.5 Å². The lowest BCUT2D eigenvalue weighted by molar-refractivity contribution is -0.862. The van der Waals surface area contributed by atoms with E-state index in [2.05, 4.69) is 82.3 Å². The summed E-state index contributed by atoms with van der Waals surface area (Å²) in [6.07, 6.45) is -21.1. The van der Waals surface area contributed by atoms with E-state index in [0.29, 0.717) is 24.0 Å². The van der Waals surface area contributed by atoms with Crippen molar-refractivity contribution >= 4 is 35.4 Å². The van der Waals surface area contributed by atoms with E-state index in [1.807, 2.05) is 0 Å². The zero-order chi connectivity index (χ0) is 107. The van der Waals surface area contributed by atoms with E-state index < -0.39 is 267 Å². The maximum atomic E-state index is 14.0. The summed E-state index contributed by atoms with van der Waals surface area (Å²) < 4.78 is 80.8. The third-order valence-corrected chi connectivity index (χ3v) is 25.3. The smallest absolute Gasteiger partial charge is 0.257 e. The van der Waals surface area contributed by atoms with Crippen molar-refractivity contribution in [3.05, 3.63) is 48.0 Å². The molecule has 2 aromatic rings. The van der Waals surface area contributed by atoms with Gasteiger partial charge in [0.15, 0.2) is 51.0 Å². The number of aliphatic hydroxyl groups excluding tert-OH is 18. The van der Waals surface area contributed by atoms with Crippen LogP contribution in [0.15, 0.2) is 42.5 Å². The number of carbonyl (C=O) groups is 6. The molecular formula is C92H152N6O50. The van der Waals surface area contributed by atoms with Crippen LogP contribution in [0.25, 0.3) is 11.1 Å². The van der Waals surface area contributed by atoms with Gasteiger partial charge < -0.3 is 190 Å². The summed E-state index contributed by atoms with van der Waals surface area (Å²) in [6, 6.07) is 8.08. The van der Waals surface area contributed by atoms with Crippen LogP contribution in [0, 0.1) is 0 Å². The molecule has 6 fully saturated rings. The summed E-state index contributed by atoms with van der Waals surface area (Å²) >= 11 is 0. The van der Waals surface area contributed by atoms with Gasteiger partial charge in [-0.05, 0) is 118 Å². The molecule has 6 heterocycles. The maximum Gasteiger partial charge on any atom is 0.257 e. The molecule has 56 heteroatoms.